The first-order valence-corrected chi connectivity index (χ1v) is 5.27. The minimum absolute atomic E-state index is 0.483. The van der Waals surface area contributed by atoms with Gasteiger partial charge in [-0.2, -0.15) is 0 Å². The molecule has 0 unspecified atom stereocenters. The summed E-state index contributed by atoms with van der Waals surface area (Å²) in [7, 11) is 0. The minimum atomic E-state index is 0.483. The highest BCUT2D eigenvalue weighted by molar-refractivity contribution is 6.30. The van der Waals surface area contributed by atoms with Crippen LogP contribution >= 0.6 is 11.6 Å². The van der Waals surface area contributed by atoms with Crippen molar-refractivity contribution in [3.8, 4) is 0 Å². The summed E-state index contributed by atoms with van der Waals surface area (Å²) in [5.74, 6) is 0.483. The van der Waals surface area contributed by atoms with Gasteiger partial charge in [-0.1, -0.05) is 54.1 Å². The number of hydrogen-bond acceptors (Lipinski definition) is 2. The van der Waals surface area contributed by atoms with E-state index in [9.17, 15) is 0 Å². The molecule has 0 aliphatic carbocycles. The molecule has 0 radical (unpaired) electrons. The predicted octanol–water partition coefficient (Wildman–Crippen LogP) is 3.49. The second-order valence-electron chi connectivity index (χ2n) is 3.37. The van der Waals surface area contributed by atoms with Gasteiger partial charge in [0.1, 0.15) is 5.82 Å². The average molecular weight is 231 g/mol. The summed E-state index contributed by atoms with van der Waals surface area (Å²) in [5, 5.41) is 0.585. The Morgan fingerprint density at radius 1 is 1.12 bits per heavy atom. The van der Waals surface area contributed by atoms with E-state index in [0.717, 1.165) is 11.1 Å². The Morgan fingerprint density at radius 3 is 2.62 bits per heavy atom. The first-order chi connectivity index (χ1) is 7.75. The summed E-state index contributed by atoms with van der Waals surface area (Å²) in [4.78, 5) is 3.99. The van der Waals surface area contributed by atoms with Crippen molar-refractivity contribution in [1.29, 1.82) is 0 Å². The Labute approximate surface area is 99.4 Å². The highest BCUT2D eigenvalue weighted by atomic mass is 35.5. The fourth-order valence-electron chi connectivity index (χ4n) is 1.35. The molecule has 0 amide bonds. The maximum atomic E-state index is 5.85. The highest BCUT2D eigenvalue weighted by Gasteiger charge is 1.97. The molecule has 80 valence electrons. The summed E-state index contributed by atoms with van der Waals surface area (Å²) in [6.07, 6.45) is 5.42. The van der Waals surface area contributed by atoms with E-state index in [1.54, 1.807) is 6.07 Å². The van der Waals surface area contributed by atoms with Crippen molar-refractivity contribution < 1.29 is 0 Å². The summed E-state index contributed by atoms with van der Waals surface area (Å²) in [6, 6.07) is 11.8. The lowest BCUT2D eigenvalue weighted by Crippen LogP contribution is -1.92. The van der Waals surface area contributed by atoms with Gasteiger partial charge in [0.15, 0.2) is 0 Å². The van der Waals surface area contributed by atoms with E-state index in [1.807, 2.05) is 42.5 Å². The van der Waals surface area contributed by atoms with Crippen molar-refractivity contribution in [3.05, 3.63) is 58.7 Å². The quantitative estimate of drug-likeness (QED) is 0.858. The molecule has 1 aromatic heterocycles. The van der Waals surface area contributed by atoms with Crippen molar-refractivity contribution in [2.75, 3.05) is 5.73 Å². The van der Waals surface area contributed by atoms with Crippen molar-refractivity contribution in [2.45, 2.75) is 0 Å². The first kappa shape index (κ1) is 10.7. The maximum absolute atomic E-state index is 5.85. The molecule has 0 bridgehead atoms. The zero-order valence-electron chi connectivity index (χ0n) is 8.60. The molecule has 0 saturated carbocycles. The number of aromatic nitrogens is 1. The lowest BCUT2D eigenvalue weighted by Gasteiger charge is -1.99. The number of nitrogens with two attached hydrogens (primary N) is 1. The molecule has 1 aromatic carbocycles. The second kappa shape index (κ2) is 4.81. The van der Waals surface area contributed by atoms with Gasteiger partial charge in [-0.05, 0) is 11.6 Å². The standard InChI is InChI=1S/C13H11ClN2/c14-12-8-11(13(15)16-9-12)7-6-10-4-2-1-3-5-10/h1-9H,(H2,15,16). The van der Waals surface area contributed by atoms with E-state index in [-0.39, 0.29) is 0 Å². The number of anilines is 1. The Kier molecular flexibility index (Phi) is 3.22. The lowest BCUT2D eigenvalue weighted by molar-refractivity contribution is 1.33. The van der Waals surface area contributed by atoms with Crippen LogP contribution in [-0.2, 0) is 0 Å². The molecular weight excluding hydrogens is 220 g/mol. The molecule has 0 aliphatic rings. The van der Waals surface area contributed by atoms with Crippen molar-refractivity contribution in [2.24, 2.45) is 0 Å². The summed E-state index contributed by atoms with van der Waals surface area (Å²) in [5.41, 5.74) is 7.68. The van der Waals surface area contributed by atoms with Crippen LogP contribution in [0.25, 0.3) is 12.2 Å². The van der Waals surface area contributed by atoms with Gasteiger partial charge in [-0.15, -0.1) is 0 Å². The van der Waals surface area contributed by atoms with Crippen LogP contribution in [0.2, 0.25) is 5.02 Å². The molecule has 2 nitrogen and oxygen atoms in total. The number of nitrogens with zero attached hydrogens (tertiary/aromatic N) is 1. The van der Waals surface area contributed by atoms with Crippen LogP contribution in [0.1, 0.15) is 11.1 Å². The fraction of sp³-hybridized carbons (Fsp3) is 0. The normalized spacial score (nSPS) is 10.8. The van der Waals surface area contributed by atoms with Gasteiger partial charge in [0, 0.05) is 11.8 Å². The van der Waals surface area contributed by atoms with Crippen molar-refractivity contribution >= 4 is 29.6 Å². The van der Waals surface area contributed by atoms with E-state index in [1.165, 1.54) is 6.20 Å². The molecule has 2 N–H and O–H groups in total. The SMILES string of the molecule is Nc1ncc(Cl)cc1C=Cc1ccccc1. The number of nitrogen functional groups attached to an aromatic ring is 1. The van der Waals surface area contributed by atoms with E-state index in [4.69, 9.17) is 17.3 Å². The smallest absolute Gasteiger partial charge is 0.130 e. The molecule has 16 heavy (non-hydrogen) atoms. The monoisotopic (exact) mass is 230 g/mol. The van der Waals surface area contributed by atoms with Crippen LogP contribution in [0.15, 0.2) is 42.6 Å². The number of pyridine rings is 1. The largest absolute Gasteiger partial charge is 0.383 e. The lowest BCUT2D eigenvalue weighted by atomic mass is 10.1. The molecule has 0 saturated heterocycles. The summed E-state index contributed by atoms with van der Waals surface area (Å²) < 4.78 is 0. The van der Waals surface area contributed by atoms with Gasteiger partial charge >= 0.3 is 0 Å². The zero-order chi connectivity index (χ0) is 11.4. The molecule has 0 atom stereocenters. The highest BCUT2D eigenvalue weighted by Crippen LogP contribution is 2.17. The number of halogens is 1. The summed E-state index contributed by atoms with van der Waals surface area (Å²) >= 11 is 5.85. The van der Waals surface area contributed by atoms with Gasteiger partial charge < -0.3 is 5.73 Å². The molecule has 1 heterocycles. The first-order valence-electron chi connectivity index (χ1n) is 4.90. The van der Waals surface area contributed by atoms with E-state index in [0.29, 0.717) is 10.8 Å². The molecule has 0 fully saturated rings. The van der Waals surface area contributed by atoms with Gasteiger partial charge in [0.25, 0.3) is 0 Å². The van der Waals surface area contributed by atoms with Gasteiger partial charge in [0.05, 0.1) is 5.02 Å². The molecule has 0 spiro atoms. The average Bonchev–Trinajstić information content (AvgIpc) is 2.32. The van der Waals surface area contributed by atoms with E-state index in [2.05, 4.69) is 4.98 Å². The number of benzene rings is 1. The van der Waals surface area contributed by atoms with Crippen LogP contribution < -0.4 is 5.73 Å². The van der Waals surface area contributed by atoms with Crippen LogP contribution in [0, 0.1) is 0 Å². The van der Waals surface area contributed by atoms with E-state index < -0.39 is 0 Å². The zero-order valence-corrected chi connectivity index (χ0v) is 9.35. The molecule has 3 heteroatoms. The Bertz CT molecular complexity index is 507. The second-order valence-corrected chi connectivity index (χ2v) is 3.81. The van der Waals surface area contributed by atoms with Crippen LogP contribution in [0.5, 0.6) is 0 Å². The maximum Gasteiger partial charge on any atom is 0.130 e. The Balaban J connectivity index is 2.27. The number of hydrogen-bond donors (Lipinski definition) is 1. The molecule has 2 rings (SSSR count). The van der Waals surface area contributed by atoms with Crippen LogP contribution in [-0.4, -0.2) is 4.98 Å². The third-order valence-electron chi connectivity index (χ3n) is 2.17. The Morgan fingerprint density at radius 2 is 1.88 bits per heavy atom. The van der Waals surface area contributed by atoms with E-state index >= 15 is 0 Å². The summed E-state index contributed by atoms with van der Waals surface area (Å²) in [6.45, 7) is 0. The molecule has 0 aliphatic heterocycles. The fourth-order valence-corrected chi connectivity index (χ4v) is 1.52. The predicted molar refractivity (Wildman–Crippen MR) is 69.0 cm³/mol. The van der Waals surface area contributed by atoms with Crippen molar-refractivity contribution in [3.63, 3.8) is 0 Å². The van der Waals surface area contributed by atoms with Crippen LogP contribution in [0.4, 0.5) is 5.82 Å². The minimum Gasteiger partial charge on any atom is -0.383 e. The topological polar surface area (TPSA) is 38.9 Å². The van der Waals surface area contributed by atoms with Gasteiger partial charge in [0.2, 0.25) is 0 Å². The number of rotatable bonds is 2. The molecule has 2 aromatic rings. The van der Waals surface area contributed by atoms with Gasteiger partial charge in [-0.25, -0.2) is 4.98 Å². The van der Waals surface area contributed by atoms with Gasteiger partial charge in [-0.3, -0.25) is 0 Å². The van der Waals surface area contributed by atoms with Crippen molar-refractivity contribution in [1.82, 2.24) is 4.98 Å². The third kappa shape index (κ3) is 2.61. The van der Waals surface area contributed by atoms with Crippen LogP contribution in [0.3, 0.4) is 0 Å². The molecular formula is C13H11ClN2. The third-order valence-corrected chi connectivity index (χ3v) is 2.38. The Hall–Kier alpha value is -1.80.